The van der Waals surface area contributed by atoms with Gasteiger partial charge in [-0.2, -0.15) is 5.26 Å². The fourth-order valence-electron chi connectivity index (χ4n) is 4.95. The predicted molar refractivity (Wildman–Crippen MR) is 141 cm³/mol. The number of nitriles is 1. The average Bonchev–Trinajstić information content (AvgIpc) is 3.31. The Morgan fingerprint density at radius 1 is 1.11 bits per heavy atom. The van der Waals surface area contributed by atoms with Gasteiger partial charge in [0.15, 0.2) is 0 Å². The van der Waals surface area contributed by atoms with E-state index in [1.807, 2.05) is 62.0 Å². The standard InChI is InChI=1S/C28H29N7/c1-31-24-8-7-22(13-23(24)15-30)27-26(21-5-3-19(14-29)4-6-21)28-25(16-32-27)35(18-33-28)17-20-9-11-34(2)12-10-20/h3-8,13,15-16,18,20,30-31H,9-12,17H2,1-2H3. The van der Waals surface area contributed by atoms with E-state index in [0.29, 0.717) is 11.5 Å². The Bertz CT molecular complexity index is 1400. The zero-order valence-corrected chi connectivity index (χ0v) is 20.1. The molecule has 7 nitrogen and oxygen atoms in total. The lowest BCUT2D eigenvalue weighted by Crippen LogP contribution is -2.31. The molecule has 0 radical (unpaired) electrons. The lowest BCUT2D eigenvalue weighted by Gasteiger charge is -2.29. The van der Waals surface area contributed by atoms with E-state index >= 15 is 0 Å². The quantitative estimate of drug-likeness (QED) is 0.392. The highest BCUT2D eigenvalue weighted by Gasteiger charge is 2.21. The molecular formula is C28H29N7. The average molecular weight is 464 g/mol. The van der Waals surface area contributed by atoms with Crippen molar-refractivity contribution >= 4 is 22.9 Å². The largest absolute Gasteiger partial charge is 0.388 e. The van der Waals surface area contributed by atoms with Gasteiger partial charge < -0.3 is 20.2 Å². The maximum atomic E-state index is 9.28. The molecule has 1 aliphatic rings. The van der Waals surface area contributed by atoms with E-state index in [1.165, 1.54) is 19.1 Å². The molecule has 0 atom stereocenters. The molecule has 7 heteroatoms. The summed E-state index contributed by atoms with van der Waals surface area (Å²) in [5.74, 6) is 0.630. The van der Waals surface area contributed by atoms with Gasteiger partial charge in [-0.05, 0) is 68.7 Å². The molecule has 0 spiro atoms. The molecule has 2 aromatic carbocycles. The predicted octanol–water partition coefficient (Wildman–Crippen LogP) is 5.02. The summed E-state index contributed by atoms with van der Waals surface area (Å²) >= 11 is 0. The zero-order valence-electron chi connectivity index (χ0n) is 20.1. The molecule has 1 fully saturated rings. The Kier molecular flexibility index (Phi) is 6.30. The Hall–Kier alpha value is -4.02. The first-order valence-electron chi connectivity index (χ1n) is 12.0. The molecule has 1 saturated heterocycles. The van der Waals surface area contributed by atoms with Gasteiger partial charge in [-0.15, -0.1) is 0 Å². The van der Waals surface area contributed by atoms with E-state index in [4.69, 9.17) is 15.4 Å². The summed E-state index contributed by atoms with van der Waals surface area (Å²) in [7, 11) is 4.04. The van der Waals surface area contributed by atoms with E-state index in [1.54, 1.807) is 0 Å². The molecule has 5 rings (SSSR count). The minimum Gasteiger partial charge on any atom is -0.388 e. The van der Waals surface area contributed by atoms with Crippen molar-refractivity contribution in [2.45, 2.75) is 19.4 Å². The summed E-state index contributed by atoms with van der Waals surface area (Å²) in [6.07, 6.45) is 7.60. The molecule has 0 bridgehead atoms. The maximum absolute atomic E-state index is 9.28. The van der Waals surface area contributed by atoms with Gasteiger partial charge in [-0.3, -0.25) is 4.98 Å². The van der Waals surface area contributed by atoms with E-state index in [0.717, 1.165) is 64.3 Å². The molecule has 0 aliphatic carbocycles. The van der Waals surface area contributed by atoms with Gasteiger partial charge in [0.1, 0.15) is 5.52 Å². The first kappa shape index (κ1) is 22.8. The maximum Gasteiger partial charge on any atom is 0.100 e. The third-order valence-electron chi connectivity index (χ3n) is 7.01. The molecule has 0 saturated carbocycles. The fraction of sp³-hybridized carbons (Fsp3) is 0.286. The summed E-state index contributed by atoms with van der Waals surface area (Å²) in [6, 6.07) is 15.8. The second-order valence-electron chi connectivity index (χ2n) is 9.24. The van der Waals surface area contributed by atoms with Crippen molar-refractivity contribution in [3.05, 3.63) is 66.1 Å². The number of nitrogens with one attached hydrogen (secondary N) is 2. The fourth-order valence-corrected chi connectivity index (χ4v) is 4.95. The number of hydrogen-bond donors (Lipinski definition) is 2. The molecule has 2 aromatic heterocycles. The minimum atomic E-state index is 0.618. The SMILES string of the molecule is CNc1ccc(-c2ncc3c(ncn3CC3CCN(C)CC3)c2-c2ccc(C#N)cc2)cc1C=N. The van der Waals surface area contributed by atoms with Crippen LogP contribution >= 0.6 is 0 Å². The Morgan fingerprint density at radius 3 is 2.54 bits per heavy atom. The molecule has 176 valence electrons. The normalized spacial score (nSPS) is 14.7. The minimum absolute atomic E-state index is 0.618. The van der Waals surface area contributed by atoms with E-state index in [9.17, 15) is 5.26 Å². The number of imidazole rings is 1. The van der Waals surface area contributed by atoms with Gasteiger partial charge in [0.05, 0.1) is 35.4 Å². The first-order valence-corrected chi connectivity index (χ1v) is 12.0. The molecule has 0 amide bonds. The van der Waals surface area contributed by atoms with Gasteiger partial charge in [0, 0.05) is 42.2 Å². The zero-order chi connectivity index (χ0) is 24.4. The monoisotopic (exact) mass is 463 g/mol. The van der Waals surface area contributed by atoms with Crippen LogP contribution < -0.4 is 5.32 Å². The smallest absolute Gasteiger partial charge is 0.100 e. The second kappa shape index (κ2) is 9.69. The van der Waals surface area contributed by atoms with E-state index in [-0.39, 0.29) is 0 Å². The highest BCUT2D eigenvalue weighted by atomic mass is 15.1. The molecule has 1 aliphatic heterocycles. The summed E-state index contributed by atoms with van der Waals surface area (Å²) in [4.78, 5) is 12.2. The molecular weight excluding hydrogens is 434 g/mol. The number of aromatic nitrogens is 3. The molecule has 4 aromatic rings. The van der Waals surface area contributed by atoms with Gasteiger partial charge in [0.25, 0.3) is 0 Å². The van der Waals surface area contributed by atoms with Crippen molar-refractivity contribution in [3.63, 3.8) is 0 Å². The van der Waals surface area contributed by atoms with Crippen LogP contribution in [0.3, 0.4) is 0 Å². The third kappa shape index (κ3) is 4.41. The Morgan fingerprint density at radius 2 is 1.86 bits per heavy atom. The second-order valence-corrected chi connectivity index (χ2v) is 9.24. The van der Waals surface area contributed by atoms with Crippen molar-refractivity contribution < 1.29 is 0 Å². The van der Waals surface area contributed by atoms with E-state index < -0.39 is 0 Å². The van der Waals surface area contributed by atoms with Crippen molar-refractivity contribution in [1.29, 1.82) is 10.7 Å². The van der Waals surface area contributed by atoms with Crippen LogP contribution in [0.15, 0.2) is 55.0 Å². The van der Waals surface area contributed by atoms with E-state index in [2.05, 4.69) is 27.9 Å². The first-order chi connectivity index (χ1) is 17.1. The van der Waals surface area contributed by atoms with Gasteiger partial charge in [0.2, 0.25) is 0 Å². The molecule has 0 unspecified atom stereocenters. The number of anilines is 1. The van der Waals surface area contributed by atoms with Crippen molar-refractivity contribution in [2.24, 2.45) is 5.92 Å². The number of fused-ring (bicyclic) bond motifs is 1. The molecule has 2 N–H and O–H groups in total. The van der Waals surface area contributed by atoms with Crippen LogP contribution in [0.5, 0.6) is 0 Å². The Labute approximate surface area is 205 Å². The summed E-state index contributed by atoms with van der Waals surface area (Å²) in [5.41, 5.74) is 7.89. The summed E-state index contributed by atoms with van der Waals surface area (Å²) in [6.45, 7) is 3.20. The molecule has 3 heterocycles. The van der Waals surface area contributed by atoms with Crippen LogP contribution in [0.4, 0.5) is 5.69 Å². The van der Waals surface area contributed by atoms with Gasteiger partial charge in [-0.1, -0.05) is 18.2 Å². The number of benzene rings is 2. The number of hydrogen-bond acceptors (Lipinski definition) is 6. The number of rotatable bonds is 6. The van der Waals surface area contributed by atoms with Crippen LogP contribution in [0.1, 0.15) is 24.0 Å². The van der Waals surface area contributed by atoms with Crippen molar-refractivity contribution in [3.8, 4) is 28.5 Å². The number of piperidine rings is 1. The van der Waals surface area contributed by atoms with Crippen molar-refractivity contribution in [2.75, 3.05) is 32.5 Å². The van der Waals surface area contributed by atoms with Gasteiger partial charge in [-0.25, -0.2) is 4.98 Å². The summed E-state index contributed by atoms with van der Waals surface area (Å²) < 4.78 is 2.24. The third-order valence-corrected chi connectivity index (χ3v) is 7.01. The number of nitrogens with zero attached hydrogens (tertiary/aromatic N) is 5. The lowest BCUT2D eigenvalue weighted by molar-refractivity contribution is 0.206. The Balaban J connectivity index is 1.64. The topological polar surface area (TPSA) is 93.6 Å². The number of likely N-dealkylation sites (tertiary alicyclic amines) is 1. The molecule has 35 heavy (non-hydrogen) atoms. The van der Waals surface area contributed by atoms with Crippen LogP contribution in [0.25, 0.3) is 33.4 Å². The van der Waals surface area contributed by atoms with Gasteiger partial charge >= 0.3 is 0 Å². The lowest BCUT2D eigenvalue weighted by atomic mass is 9.95. The van der Waals surface area contributed by atoms with Crippen LogP contribution in [-0.2, 0) is 6.54 Å². The number of pyridine rings is 1. The summed E-state index contributed by atoms with van der Waals surface area (Å²) in [5, 5.41) is 20.3. The van der Waals surface area contributed by atoms with Crippen LogP contribution in [-0.4, -0.2) is 52.8 Å². The van der Waals surface area contributed by atoms with Crippen molar-refractivity contribution in [1.82, 2.24) is 19.4 Å². The van der Waals surface area contributed by atoms with Crippen LogP contribution in [0, 0.1) is 22.7 Å². The highest BCUT2D eigenvalue weighted by molar-refractivity contribution is 6.00. The van der Waals surface area contributed by atoms with Crippen LogP contribution in [0.2, 0.25) is 0 Å². The highest BCUT2D eigenvalue weighted by Crippen LogP contribution is 2.37.